The number of rotatable bonds is 3. The number of hydrogen-bond donors (Lipinski definition) is 1. The lowest BCUT2D eigenvalue weighted by Crippen LogP contribution is -2.01. The number of carboxylic acids is 1. The molecule has 0 bridgehead atoms. The Labute approximate surface area is 70.8 Å². The Morgan fingerprint density at radius 1 is 1.83 bits per heavy atom. The maximum atomic E-state index is 10.4. The van der Waals surface area contributed by atoms with E-state index in [4.69, 9.17) is 5.11 Å². The normalized spacial score (nSPS) is 12.8. The van der Waals surface area contributed by atoms with Crippen LogP contribution in [0.3, 0.4) is 0 Å². The molecule has 0 spiro atoms. The molecule has 4 nitrogen and oxygen atoms in total. The average molecular weight is 168 g/mol. The summed E-state index contributed by atoms with van der Waals surface area (Å²) in [5.74, 6) is -0.734. The second kappa shape index (κ2) is 3.38. The van der Waals surface area contributed by atoms with Gasteiger partial charge in [0.25, 0.3) is 0 Å². The third kappa shape index (κ3) is 2.08. The van der Waals surface area contributed by atoms with Gasteiger partial charge in [0.1, 0.15) is 0 Å². The molecule has 1 aromatic heterocycles. The molecule has 0 saturated carbocycles. The number of carbonyl (C=O) groups is 1. The predicted octanol–water partition coefficient (Wildman–Crippen LogP) is 0.998. The van der Waals surface area contributed by atoms with Crippen LogP contribution in [0.5, 0.6) is 0 Å². The minimum Gasteiger partial charge on any atom is -0.481 e. The van der Waals surface area contributed by atoms with Crippen LogP contribution in [0.4, 0.5) is 0 Å². The van der Waals surface area contributed by atoms with Crippen molar-refractivity contribution in [1.82, 2.24) is 9.78 Å². The van der Waals surface area contributed by atoms with Gasteiger partial charge in [0.15, 0.2) is 0 Å². The van der Waals surface area contributed by atoms with Gasteiger partial charge in [-0.2, -0.15) is 5.10 Å². The Kier molecular flexibility index (Phi) is 2.47. The van der Waals surface area contributed by atoms with Gasteiger partial charge < -0.3 is 5.11 Å². The SMILES string of the molecule is C[C@H](CC(=O)O)c1cnn(C)c1. The van der Waals surface area contributed by atoms with E-state index in [9.17, 15) is 4.79 Å². The molecule has 1 heterocycles. The first kappa shape index (κ1) is 8.77. The smallest absolute Gasteiger partial charge is 0.303 e. The molecule has 0 radical (unpaired) electrons. The van der Waals surface area contributed by atoms with E-state index in [0.717, 1.165) is 5.56 Å². The van der Waals surface area contributed by atoms with E-state index in [1.54, 1.807) is 10.9 Å². The Bertz CT molecular complexity index is 280. The summed E-state index contributed by atoms with van der Waals surface area (Å²) in [7, 11) is 1.82. The third-order valence-electron chi connectivity index (χ3n) is 1.77. The minimum atomic E-state index is -0.772. The molecular formula is C8H12N2O2. The molecule has 1 aromatic rings. The zero-order chi connectivity index (χ0) is 9.14. The number of hydrogen-bond acceptors (Lipinski definition) is 2. The summed E-state index contributed by atoms with van der Waals surface area (Å²) in [5.41, 5.74) is 0.972. The summed E-state index contributed by atoms with van der Waals surface area (Å²) in [5, 5.41) is 12.5. The maximum Gasteiger partial charge on any atom is 0.303 e. The zero-order valence-electron chi connectivity index (χ0n) is 7.19. The molecule has 0 unspecified atom stereocenters. The van der Waals surface area contributed by atoms with Crippen molar-refractivity contribution in [3.05, 3.63) is 18.0 Å². The fourth-order valence-corrected chi connectivity index (χ4v) is 1.07. The largest absolute Gasteiger partial charge is 0.481 e. The van der Waals surface area contributed by atoms with Gasteiger partial charge in [-0.25, -0.2) is 0 Å². The maximum absolute atomic E-state index is 10.4. The molecule has 0 fully saturated rings. The van der Waals surface area contributed by atoms with Crippen LogP contribution >= 0.6 is 0 Å². The molecule has 1 N–H and O–H groups in total. The lowest BCUT2D eigenvalue weighted by molar-refractivity contribution is -0.137. The van der Waals surface area contributed by atoms with Crippen LogP contribution in [0.15, 0.2) is 12.4 Å². The number of aromatic nitrogens is 2. The average Bonchev–Trinajstić information content (AvgIpc) is 2.34. The van der Waals surface area contributed by atoms with Crippen molar-refractivity contribution in [1.29, 1.82) is 0 Å². The molecule has 0 aliphatic carbocycles. The number of nitrogens with zero attached hydrogens (tertiary/aromatic N) is 2. The van der Waals surface area contributed by atoms with Crippen molar-refractivity contribution in [2.45, 2.75) is 19.3 Å². The van der Waals surface area contributed by atoms with Crippen molar-refractivity contribution < 1.29 is 9.90 Å². The topological polar surface area (TPSA) is 55.1 Å². The molecule has 1 atom stereocenters. The van der Waals surface area contributed by atoms with Gasteiger partial charge in [-0.1, -0.05) is 6.92 Å². The van der Waals surface area contributed by atoms with E-state index in [1.165, 1.54) is 0 Å². The zero-order valence-corrected chi connectivity index (χ0v) is 7.19. The highest BCUT2D eigenvalue weighted by Gasteiger charge is 2.10. The molecule has 12 heavy (non-hydrogen) atoms. The summed E-state index contributed by atoms with van der Waals surface area (Å²) in [6, 6.07) is 0. The van der Waals surface area contributed by atoms with Gasteiger partial charge in [0.2, 0.25) is 0 Å². The monoisotopic (exact) mass is 168 g/mol. The third-order valence-corrected chi connectivity index (χ3v) is 1.77. The van der Waals surface area contributed by atoms with E-state index in [1.807, 2.05) is 20.2 Å². The van der Waals surface area contributed by atoms with Gasteiger partial charge in [-0.05, 0) is 11.5 Å². The molecule has 1 rings (SSSR count). The van der Waals surface area contributed by atoms with E-state index in [0.29, 0.717) is 0 Å². The standard InChI is InChI=1S/C8H12N2O2/c1-6(3-8(11)12)7-4-9-10(2)5-7/h4-6H,3H2,1-2H3,(H,11,12)/t6-/m1/s1. The molecule has 0 aromatic carbocycles. The predicted molar refractivity (Wildman–Crippen MR) is 43.9 cm³/mol. The quantitative estimate of drug-likeness (QED) is 0.732. The van der Waals surface area contributed by atoms with Crippen LogP contribution < -0.4 is 0 Å². The first-order valence-corrected chi connectivity index (χ1v) is 3.80. The van der Waals surface area contributed by atoms with Crippen LogP contribution in [0.1, 0.15) is 24.8 Å². The van der Waals surface area contributed by atoms with Gasteiger partial charge in [0.05, 0.1) is 12.6 Å². The highest BCUT2D eigenvalue weighted by Crippen LogP contribution is 2.17. The van der Waals surface area contributed by atoms with Crippen molar-refractivity contribution in [2.75, 3.05) is 0 Å². The van der Waals surface area contributed by atoms with Crippen LogP contribution in [-0.4, -0.2) is 20.9 Å². The summed E-state index contributed by atoms with van der Waals surface area (Å²) >= 11 is 0. The van der Waals surface area contributed by atoms with Crippen LogP contribution in [0.2, 0.25) is 0 Å². The second-order valence-corrected chi connectivity index (χ2v) is 2.95. The Morgan fingerprint density at radius 3 is 2.92 bits per heavy atom. The lowest BCUT2D eigenvalue weighted by atomic mass is 10.0. The fourth-order valence-electron chi connectivity index (χ4n) is 1.07. The molecule has 66 valence electrons. The van der Waals surface area contributed by atoms with Crippen LogP contribution in [-0.2, 0) is 11.8 Å². The van der Waals surface area contributed by atoms with Gasteiger partial charge in [0, 0.05) is 13.2 Å². The Balaban J connectivity index is 2.64. The van der Waals surface area contributed by atoms with Crippen LogP contribution in [0.25, 0.3) is 0 Å². The van der Waals surface area contributed by atoms with Crippen molar-refractivity contribution in [3.8, 4) is 0 Å². The fraction of sp³-hybridized carbons (Fsp3) is 0.500. The van der Waals surface area contributed by atoms with Crippen molar-refractivity contribution in [3.63, 3.8) is 0 Å². The van der Waals surface area contributed by atoms with Crippen molar-refractivity contribution in [2.24, 2.45) is 7.05 Å². The highest BCUT2D eigenvalue weighted by molar-refractivity contribution is 5.67. The van der Waals surface area contributed by atoms with E-state index in [2.05, 4.69) is 5.10 Å². The van der Waals surface area contributed by atoms with Crippen molar-refractivity contribution >= 4 is 5.97 Å². The summed E-state index contributed by atoms with van der Waals surface area (Å²) in [6.45, 7) is 1.88. The molecule has 0 aliphatic heterocycles. The van der Waals surface area contributed by atoms with E-state index in [-0.39, 0.29) is 12.3 Å². The highest BCUT2D eigenvalue weighted by atomic mass is 16.4. The van der Waals surface area contributed by atoms with Crippen LogP contribution in [0, 0.1) is 0 Å². The van der Waals surface area contributed by atoms with E-state index >= 15 is 0 Å². The first-order valence-electron chi connectivity index (χ1n) is 3.80. The molecule has 0 amide bonds. The van der Waals surface area contributed by atoms with Gasteiger partial charge >= 0.3 is 5.97 Å². The molecule has 0 saturated heterocycles. The molecular weight excluding hydrogens is 156 g/mol. The minimum absolute atomic E-state index is 0.0381. The Morgan fingerprint density at radius 2 is 2.50 bits per heavy atom. The summed E-state index contributed by atoms with van der Waals surface area (Å²) in [6.07, 6.45) is 3.70. The van der Waals surface area contributed by atoms with Gasteiger partial charge in [-0.15, -0.1) is 0 Å². The summed E-state index contributed by atoms with van der Waals surface area (Å²) < 4.78 is 1.67. The number of carboxylic acid groups (broad SMARTS) is 1. The Hall–Kier alpha value is -1.32. The van der Waals surface area contributed by atoms with Gasteiger partial charge in [-0.3, -0.25) is 9.48 Å². The molecule has 0 aliphatic rings. The number of aryl methyl sites for hydroxylation is 1. The summed E-state index contributed by atoms with van der Waals surface area (Å²) in [4.78, 5) is 10.4. The second-order valence-electron chi connectivity index (χ2n) is 2.95. The first-order chi connectivity index (χ1) is 5.59. The molecule has 4 heteroatoms. The lowest BCUT2D eigenvalue weighted by Gasteiger charge is -2.03. The van der Waals surface area contributed by atoms with E-state index < -0.39 is 5.97 Å². The number of aliphatic carboxylic acids is 1.